The van der Waals surface area contributed by atoms with Crippen LogP contribution >= 0.6 is 0 Å². The van der Waals surface area contributed by atoms with Crippen LogP contribution in [0.15, 0.2) is 18.2 Å². The fourth-order valence-corrected chi connectivity index (χ4v) is 2.41. The Bertz CT molecular complexity index is 550. The average Bonchev–Trinajstić information content (AvgIpc) is 2.90. The van der Waals surface area contributed by atoms with Crippen LogP contribution in [-0.4, -0.2) is 30.3 Å². The van der Waals surface area contributed by atoms with E-state index >= 15 is 0 Å². The van der Waals surface area contributed by atoms with Crippen molar-refractivity contribution >= 4 is 17.7 Å². The molecule has 2 atom stereocenters. The number of aliphatic carboxylic acids is 1. The van der Waals surface area contributed by atoms with E-state index in [-0.39, 0.29) is 11.7 Å². The minimum absolute atomic E-state index is 0.0135. The Hall–Kier alpha value is -2.31. The van der Waals surface area contributed by atoms with Gasteiger partial charge in [-0.25, -0.2) is 9.18 Å². The Balaban J connectivity index is 1.92. The number of carboxylic acids is 1. The van der Waals surface area contributed by atoms with Crippen LogP contribution in [0.2, 0.25) is 0 Å². The van der Waals surface area contributed by atoms with Crippen LogP contribution in [0.4, 0.5) is 14.9 Å². The number of carbonyl (C=O) groups is 2. The van der Waals surface area contributed by atoms with Crippen LogP contribution in [0, 0.1) is 11.7 Å². The maximum Gasteiger partial charge on any atom is 0.319 e. The van der Waals surface area contributed by atoms with E-state index < -0.39 is 23.7 Å². The van der Waals surface area contributed by atoms with Crippen molar-refractivity contribution in [2.45, 2.75) is 25.3 Å². The molecule has 1 fully saturated rings. The Kier molecular flexibility index (Phi) is 4.62. The molecule has 3 N–H and O–H groups in total. The van der Waals surface area contributed by atoms with Gasteiger partial charge in [-0.2, -0.15) is 0 Å². The van der Waals surface area contributed by atoms with Gasteiger partial charge in [0.1, 0.15) is 11.6 Å². The number of rotatable bonds is 4. The lowest BCUT2D eigenvalue weighted by Gasteiger charge is -2.14. The molecule has 0 aliphatic heterocycles. The van der Waals surface area contributed by atoms with E-state index in [1.807, 2.05) is 0 Å². The Morgan fingerprint density at radius 3 is 2.76 bits per heavy atom. The van der Waals surface area contributed by atoms with E-state index in [2.05, 4.69) is 10.6 Å². The van der Waals surface area contributed by atoms with Crippen LogP contribution in [0.1, 0.15) is 19.3 Å². The summed E-state index contributed by atoms with van der Waals surface area (Å²) in [6, 6.07) is 3.26. The molecule has 21 heavy (non-hydrogen) atoms. The van der Waals surface area contributed by atoms with Crippen molar-refractivity contribution in [1.29, 1.82) is 0 Å². The number of amides is 2. The predicted octanol–water partition coefficient (Wildman–Crippen LogP) is 2.21. The highest BCUT2D eigenvalue weighted by atomic mass is 19.1. The molecule has 0 bridgehead atoms. The normalized spacial score (nSPS) is 20.9. The van der Waals surface area contributed by atoms with Crippen LogP contribution in [0.25, 0.3) is 0 Å². The van der Waals surface area contributed by atoms with Gasteiger partial charge in [0.15, 0.2) is 0 Å². The number of methoxy groups -OCH3 is 1. The maximum atomic E-state index is 13.6. The molecule has 1 aliphatic rings. The Morgan fingerprint density at radius 1 is 1.38 bits per heavy atom. The lowest BCUT2D eigenvalue weighted by atomic mass is 10.1. The zero-order chi connectivity index (χ0) is 15.4. The maximum absolute atomic E-state index is 13.6. The summed E-state index contributed by atoms with van der Waals surface area (Å²) in [5, 5.41) is 14.0. The summed E-state index contributed by atoms with van der Waals surface area (Å²) in [6.45, 7) is 0. The Morgan fingerprint density at radius 2 is 2.14 bits per heavy atom. The number of urea groups is 1. The second-order valence-corrected chi connectivity index (χ2v) is 4.99. The number of carbonyl (C=O) groups excluding carboxylic acids is 1. The first kappa shape index (κ1) is 15.1. The van der Waals surface area contributed by atoms with Crippen molar-refractivity contribution < 1.29 is 23.8 Å². The molecular formula is C14H17FN2O4. The zero-order valence-electron chi connectivity index (χ0n) is 11.6. The fraction of sp³-hybridized carbons (Fsp3) is 0.429. The first-order chi connectivity index (χ1) is 9.99. The smallest absolute Gasteiger partial charge is 0.319 e. The van der Waals surface area contributed by atoms with Gasteiger partial charge >= 0.3 is 12.0 Å². The minimum Gasteiger partial charge on any atom is -0.497 e. The number of anilines is 1. The molecule has 0 heterocycles. The number of halogens is 1. The summed E-state index contributed by atoms with van der Waals surface area (Å²) < 4.78 is 18.5. The second-order valence-electron chi connectivity index (χ2n) is 4.99. The lowest BCUT2D eigenvalue weighted by Crippen LogP contribution is -2.36. The predicted molar refractivity (Wildman–Crippen MR) is 73.9 cm³/mol. The van der Waals surface area contributed by atoms with Gasteiger partial charge in [-0.15, -0.1) is 0 Å². The molecule has 2 unspecified atom stereocenters. The van der Waals surface area contributed by atoms with Gasteiger partial charge in [0.25, 0.3) is 0 Å². The first-order valence-corrected chi connectivity index (χ1v) is 6.63. The van der Waals surface area contributed by atoms with E-state index in [0.29, 0.717) is 25.0 Å². The van der Waals surface area contributed by atoms with Crippen molar-refractivity contribution in [1.82, 2.24) is 5.32 Å². The fourth-order valence-electron chi connectivity index (χ4n) is 2.41. The number of hydrogen-bond donors (Lipinski definition) is 3. The Labute approximate surface area is 121 Å². The molecule has 2 rings (SSSR count). The van der Waals surface area contributed by atoms with Crippen molar-refractivity contribution in [3.05, 3.63) is 24.0 Å². The summed E-state index contributed by atoms with van der Waals surface area (Å²) in [5.41, 5.74) is 0.0135. The van der Waals surface area contributed by atoms with Crippen LogP contribution in [0.5, 0.6) is 5.75 Å². The number of hydrogen-bond acceptors (Lipinski definition) is 3. The van der Waals surface area contributed by atoms with E-state index in [0.717, 1.165) is 0 Å². The summed E-state index contributed by atoms with van der Waals surface area (Å²) in [5.74, 6) is -1.42. The van der Waals surface area contributed by atoms with Gasteiger partial charge in [0.05, 0.1) is 18.7 Å². The zero-order valence-corrected chi connectivity index (χ0v) is 11.6. The minimum atomic E-state index is -0.849. The molecule has 1 aromatic carbocycles. The van der Waals surface area contributed by atoms with Crippen LogP contribution < -0.4 is 15.4 Å². The summed E-state index contributed by atoms with van der Waals surface area (Å²) in [6.07, 6.45) is 1.53. The molecule has 0 spiro atoms. The highest BCUT2D eigenvalue weighted by Gasteiger charge is 2.30. The largest absolute Gasteiger partial charge is 0.497 e. The van der Waals surface area contributed by atoms with Crippen LogP contribution in [-0.2, 0) is 4.79 Å². The molecule has 0 radical (unpaired) electrons. The van der Waals surface area contributed by atoms with Gasteiger partial charge in [0, 0.05) is 12.1 Å². The van der Waals surface area contributed by atoms with Crippen molar-refractivity contribution in [3.63, 3.8) is 0 Å². The van der Waals surface area contributed by atoms with Gasteiger partial charge in [-0.05, 0) is 31.4 Å². The van der Waals surface area contributed by atoms with E-state index in [9.17, 15) is 14.0 Å². The molecule has 2 amide bonds. The standard InChI is InChI=1S/C14H17FN2O4/c1-21-10-4-5-11(15)12(7-10)17-14(20)16-9-3-2-8(6-9)13(18)19/h4-5,7-9H,2-3,6H2,1H3,(H,18,19)(H2,16,17,20). The van der Waals surface area contributed by atoms with Crippen molar-refractivity contribution in [3.8, 4) is 5.75 Å². The van der Waals surface area contributed by atoms with Gasteiger partial charge in [-0.3, -0.25) is 4.79 Å². The number of ether oxygens (including phenoxy) is 1. The van der Waals surface area contributed by atoms with E-state index in [1.54, 1.807) is 0 Å². The summed E-state index contributed by atoms with van der Waals surface area (Å²) >= 11 is 0. The molecule has 114 valence electrons. The molecule has 6 nitrogen and oxygen atoms in total. The molecule has 0 aromatic heterocycles. The summed E-state index contributed by atoms with van der Waals surface area (Å²) in [4.78, 5) is 22.7. The third-order valence-corrected chi connectivity index (χ3v) is 3.54. The average molecular weight is 296 g/mol. The first-order valence-electron chi connectivity index (χ1n) is 6.63. The van der Waals surface area contributed by atoms with Crippen molar-refractivity contribution in [2.24, 2.45) is 5.92 Å². The number of carboxylic acid groups (broad SMARTS) is 1. The van der Waals surface area contributed by atoms with Gasteiger partial charge < -0.3 is 20.5 Å². The van der Waals surface area contributed by atoms with E-state index in [1.165, 1.54) is 25.3 Å². The molecule has 1 saturated carbocycles. The lowest BCUT2D eigenvalue weighted by molar-refractivity contribution is -0.141. The quantitative estimate of drug-likeness (QED) is 0.795. The highest BCUT2D eigenvalue weighted by molar-refractivity contribution is 5.89. The molecule has 1 aromatic rings. The van der Waals surface area contributed by atoms with E-state index in [4.69, 9.17) is 9.84 Å². The molecule has 1 aliphatic carbocycles. The molecule has 7 heteroatoms. The highest BCUT2D eigenvalue weighted by Crippen LogP contribution is 2.26. The third-order valence-electron chi connectivity index (χ3n) is 3.54. The van der Waals surface area contributed by atoms with Gasteiger partial charge in [-0.1, -0.05) is 0 Å². The topological polar surface area (TPSA) is 87.7 Å². The third kappa shape index (κ3) is 3.84. The second kappa shape index (κ2) is 6.43. The number of benzene rings is 1. The number of nitrogens with one attached hydrogen (secondary N) is 2. The van der Waals surface area contributed by atoms with Crippen LogP contribution in [0.3, 0.4) is 0 Å². The molecule has 0 saturated heterocycles. The summed E-state index contributed by atoms with van der Waals surface area (Å²) in [7, 11) is 1.45. The van der Waals surface area contributed by atoms with Gasteiger partial charge in [0.2, 0.25) is 0 Å². The monoisotopic (exact) mass is 296 g/mol. The van der Waals surface area contributed by atoms with Crippen molar-refractivity contribution in [2.75, 3.05) is 12.4 Å². The molecular weight excluding hydrogens is 279 g/mol. The SMILES string of the molecule is COc1ccc(F)c(NC(=O)NC2CCC(C(=O)O)C2)c1.